The molecule has 3 heteroatoms. The summed E-state index contributed by atoms with van der Waals surface area (Å²) in [5.74, 6) is 0. The SMILES string of the molecule is CC1(CNc2ccc(C(N)=S)c3ccccc23)CCCC1. The lowest BCUT2D eigenvalue weighted by Crippen LogP contribution is -2.23. The molecule has 110 valence electrons. The normalized spacial score (nSPS) is 17.0. The topological polar surface area (TPSA) is 38.0 Å². The van der Waals surface area contributed by atoms with Crippen molar-refractivity contribution in [1.82, 2.24) is 0 Å². The average Bonchev–Trinajstić information content (AvgIpc) is 2.91. The zero-order valence-electron chi connectivity index (χ0n) is 12.5. The smallest absolute Gasteiger partial charge is 0.104 e. The molecule has 21 heavy (non-hydrogen) atoms. The van der Waals surface area contributed by atoms with E-state index in [0.717, 1.165) is 17.5 Å². The molecule has 3 rings (SSSR count). The van der Waals surface area contributed by atoms with Gasteiger partial charge in [0.25, 0.3) is 0 Å². The van der Waals surface area contributed by atoms with E-state index in [2.05, 4.69) is 36.5 Å². The number of benzene rings is 2. The number of nitrogens with one attached hydrogen (secondary N) is 1. The lowest BCUT2D eigenvalue weighted by molar-refractivity contribution is 0.362. The van der Waals surface area contributed by atoms with Gasteiger partial charge in [0.2, 0.25) is 0 Å². The van der Waals surface area contributed by atoms with Crippen molar-refractivity contribution in [1.29, 1.82) is 0 Å². The van der Waals surface area contributed by atoms with E-state index in [-0.39, 0.29) is 0 Å². The highest BCUT2D eigenvalue weighted by atomic mass is 32.1. The van der Waals surface area contributed by atoms with Crippen LogP contribution in [-0.2, 0) is 0 Å². The summed E-state index contributed by atoms with van der Waals surface area (Å²) in [4.78, 5) is 0.459. The highest BCUT2D eigenvalue weighted by Gasteiger charge is 2.28. The molecular formula is C18H22N2S. The van der Waals surface area contributed by atoms with Crippen LogP contribution in [0.2, 0.25) is 0 Å². The Morgan fingerprint density at radius 3 is 2.48 bits per heavy atom. The molecule has 2 aromatic carbocycles. The van der Waals surface area contributed by atoms with E-state index in [1.165, 1.54) is 36.8 Å². The number of fused-ring (bicyclic) bond motifs is 1. The van der Waals surface area contributed by atoms with Crippen molar-refractivity contribution in [3.63, 3.8) is 0 Å². The predicted octanol–water partition coefficient (Wildman–Crippen LogP) is 4.47. The third-order valence-corrected chi connectivity index (χ3v) is 4.93. The molecule has 0 spiro atoms. The summed E-state index contributed by atoms with van der Waals surface area (Å²) >= 11 is 5.16. The molecule has 2 aromatic rings. The predicted molar refractivity (Wildman–Crippen MR) is 94.9 cm³/mol. The van der Waals surface area contributed by atoms with Gasteiger partial charge in [-0.3, -0.25) is 0 Å². The fourth-order valence-corrected chi connectivity index (χ4v) is 3.56. The Bertz CT molecular complexity index is 672. The number of rotatable bonds is 4. The van der Waals surface area contributed by atoms with Crippen molar-refractivity contribution >= 4 is 33.7 Å². The van der Waals surface area contributed by atoms with Crippen LogP contribution in [0.5, 0.6) is 0 Å². The molecule has 1 saturated carbocycles. The molecule has 1 aliphatic carbocycles. The van der Waals surface area contributed by atoms with Gasteiger partial charge in [0, 0.05) is 23.2 Å². The summed E-state index contributed by atoms with van der Waals surface area (Å²) < 4.78 is 0. The number of thiocarbonyl (C=S) groups is 1. The fraction of sp³-hybridized carbons (Fsp3) is 0.389. The fourth-order valence-electron chi connectivity index (χ4n) is 3.38. The van der Waals surface area contributed by atoms with Crippen molar-refractivity contribution in [2.24, 2.45) is 11.1 Å². The van der Waals surface area contributed by atoms with Gasteiger partial charge in [0.05, 0.1) is 0 Å². The minimum Gasteiger partial charge on any atom is -0.389 e. The molecule has 0 heterocycles. The van der Waals surface area contributed by atoms with E-state index >= 15 is 0 Å². The van der Waals surface area contributed by atoms with Crippen LogP contribution >= 0.6 is 12.2 Å². The molecule has 0 atom stereocenters. The second kappa shape index (κ2) is 5.64. The van der Waals surface area contributed by atoms with Gasteiger partial charge in [-0.1, -0.05) is 56.2 Å². The lowest BCUT2D eigenvalue weighted by atomic mass is 9.88. The Labute approximate surface area is 131 Å². The molecule has 0 aliphatic heterocycles. The van der Waals surface area contributed by atoms with Gasteiger partial charge in [-0.05, 0) is 35.8 Å². The van der Waals surface area contributed by atoms with Crippen LogP contribution in [0.4, 0.5) is 5.69 Å². The van der Waals surface area contributed by atoms with Crippen LogP contribution in [0.25, 0.3) is 10.8 Å². The van der Waals surface area contributed by atoms with Gasteiger partial charge in [-0.25, -0.2) is 0 Å². The highest BCUT2D eigenvalue weighted by molar-refractivity contribution is 7.80. The molecule has 0 bridgehead atoms. The molecule has 0 saturated heterocycles. The molecule has 0 radical (unpaired) electrons. The highest BCUT2D eigenvalue weighted by Crippen LogP contribution is 2.38. The quantitative estimate of drug-likeness (QED) is 0.818. The van der Waals surface area contributed by atoms with Crippen LogP contribution in [0.15, 0.2) is 36.4 Å². The van der Waals surface area contributed by atoms with Crippen molar-refractivity contribution in [3.8, 4) is 0 Å². The molecule has 1 fully saturated rings. The van der Waals surface area contributed by atoms with E-state index in [1.807, 2.05) is 12.1 Å². The van der Waals surface area contributed by atoms with E-state index in [1.54, 1.807) is 0 Å². The van der Waals surface area contributed by atoms with Crippen LogP contribution in [-0.4, -0.2) is 11.5 Å². The minimum atomic E-state index is 0.433. The van der Waals surface area contributed by atoms with Crippen LogP contribution in [0, 0.1) is 5.41 Å². The van der Waals surface area contributed by atoms with Crippen molar-refractivity contribution in [2.45, 2.75) is 32.6 Å². The number of anilines is 1. The van der Waals surface area contributed by atoms with Gasteiger partial charge in [0.15, 0.2) is 0 Å². The van der Waals surface area contributed by atoms with Gasteiger partial charge >= 0.3 is 0 Å². The molecule has 3 N–H and O–H groups in total. The Kier molecular flexibility index (Phi) is 3.85. The van der Waals surface area contributed by atoms with Crippen molar-refractivity contribution in [2.75, 3.05) is 11.9 Å². The maximum Gasteiger partial charge on any atom is 0.104 e. The summed E-state index contributed by atoms with van der Waals surface area (Å²) in [6.07, 6.45) is 5.37. The van der Waals surface area contributed by atoms with Crippen molar-refractivity contribution < 1.29 is 0 Å². The minimum absolute atomic E-state index is 0.433. The van der Waals surface area contributed by atoms with E-state index in [9.17, 15) is 0 Å². The molecule has 2 nitrogen and oxygen atoms in total. The summed E-state index contributed by atoms with van der Waals surface area (Å²) in [6, 6.07) is 12.5. The molecule has 1 aliphatic rings. The number of hydrogen-bond donors (Lipinski definition) is 2. The summed E-state index contributed by atoms with van der Waals surface area (Å²) in [5.41, 5.74) is 8.41. The summed E-state index contributed by atoms with van der Waals surface area (Å²) in [5, 5.41) is 5.98. The largest absolute Gasteiger partial charge is 0.389 e. The Balaban J connectivity index is 1.92. The monoisotopic (exact) mass is 298 g/mol. The first-order valence-corrected chi connectivity index (χ1v) is 8.05. The van der Waals surface area contributed by atoms with E-state index in [4.69, 9.17) is 18.0 Å². The lowest BCUT2D eigenvalue weighted by Gasteiger charge is -2.25. The van der Waals surface area contributed by atoms with Gasteiger partial charge in [-0.15, -0.1) is 0 Å². The van der Waals surface area contributed by atoms with Crippen LogP contribution < -0.4 is 11.1 Å². The Hall–Kier alpha value is -1.61. The second-order valence-electron chi connectivity index (χ2n) is 6.44. The third-order valence-electron chi connectivity index (χ3n) is 4.71. The standard InChI is InChI=1S/C18H22N2S/c1-18(10-4-5-11-18)12-20-16-9-8-15(17(19)21)13-6-2-3-7-14(13)16/h2-3,6-9,20H,4-5,10-12H2,1H3,(H2,19,21). The number of nitrogens with two attached hydrogens (primary N) is 1. The zero-order valence-corrected chi connectivity index (χ0v) is 13.3. The van der Waals surface area contributed by atoms with Gasteiger partial charge in [0.1, 0.15) is 4.99 Å². The van der Waals surface area contributed by atoms with Crippen LogP contribution in [0.1, 0.15) is 38.2 Å². The summed E-state index contributed by atoms with van der Waals surface area (Å²) in [7, 11) is 0. The number of hydrogen-bond acceptors (Lipinski definition) is 2. The first kappa shape index (κ1) is 14.3. The molecule has 0 unspecified atom stereocenters. The Morgan fingerprint density at radius 1 is 1.14 bits per heavy atom. The van der Waals surface area contributed by atoms with Crippen molar-refractivity contribution in [3.05, 3.63) is 42.0 Å². The summed E-state index contributed by atoms with van der Waals surface area (Å²) in [6.45, 7) is 3.42. The van der Waals surface area contributed by atoms with Gasteiger partial charge in [-0.2, -0.15) is 0 Å². The van der Waals surface area contributed by atoms with E-state index in [0.29, 0.717) is 10.4 Å². The average molecular weight is 298 g/mol. The van der Waals surface area contributed by atoms with E-state index < -0.39 is 0 Å². The van der Waals surface area contributed by atoms with Gasteiger partial charge < -0.3 is 11.1 Å². The van der Waals surface area contributed by atoms with Crippen LogP contribution in [0.3, 0.4) is 0 Å². The first-order valence-electron chi connectivity index (χ1n) is 7.65. The zero-order chi connectivity index (χ0) is 14.9. The first-order chi connectivity index (χ1) is 10.1. The molecule has 0 amide bonds. The molecular weight excluding hydrogens is 276 g/mol. The maximum absolute atomic E-state index is 5.84. The Morgan fingerprint density at radius 2 is 1.81 bits per heavy atom. The maximum atomic E-state index is 5.84. The third kappa shape index (κ3) is 2.88. The molecule has 0 aromatic heterocycles. The second-order valence-corrected chi connectivity index (χ2v) is 6.88.